The molecule has 1 rings (SSSR count). The van der Waals surface area contributed by atoms with Crippen molar-refractivity contribution in [3.05, 3.63) is 16.1 Å². The molecule has 0 saturated carbocycles. The highest BCUT2D eigenvalue weighted by molar-refractivity contribution is 7.11. The van der Waals surface area contributed by atoms with Crippen molar-refractivity contribution in [1.82, 2.24) is 10.3 Å². The highest BCUT2D eigenvalue weighted by atomic mass is 32.1. The zero-order valence-electron chi connectivity index (χ0n) is 11.7. The highest BCUT2D eigenvalue weighted by Gasteiger charge is 2.38. The molecule has 106 valence electrons. The first kappa shape index (κ1) is 15.6. The molecule has 0 aliphatic rings. The van der Waals surface area contributed by atoms with Crippen molar-refractivity contribution in [2.75, 3.05) is 0 Å². The fourth-order valence-corrected chi connectivity index (χ4v) is 2.31. The van der Waals surface area contributed by atoms with Gasteiger partial charge in [0.15, 0.2) is 0 Å². The van der Waals surface area contributed by atoms with Gasteiger partial charge in [-0.1, -0.05) is 13.8 Å². The molecule has 0 aromatic carbocycles. The summed E-state index contributed by atoms with van der Waals surface area (Å²) in [7, 11) is 0. The number of carboxylic acids is 1. The minimum Gasteiger partial charge on any atom is -0.481 e. The number of carboxylic acid groups (broad SMARTS) is 1. The number of aromatic nitrogens is 1. The summed E-state index contributed by atoms with van der Waals surface area (Å²) in [6.07, 6.45) is 1.73. The van der Waals surface area contributed by atoms with Gasteiger partial charge in [-0.2, -0.15) is 0 Å². The third kappa shape index (κ3) is 4.02. The lowest BCUT2D eigenvalue weighted by atomic mass is 9.76. The van der Waals surface area contributed by atoms with Gasteiger partial charge >= 0.3 is 5.97 Å². The second-order valence-corrected chi connectivity index (χ2v) is 6.51. The van der Waals surface area contributed by atoms with E-state index >= 15 is 0 Å². The number of aliphatic carboxylic acids is 1. The molecule has 2 N–H and O–H groups in total. The van der Waals surface area contributed by atoms with Crippen molar-refractivity contribution in [2.45, 2.75) is 40.7 Å². The number of carbonyl (C=O) groups is 2. The summed E-state index contributed by atoms with van der Waals surface area (Å²) in [5.74, 6) is -1.31. The Morgan fingerprint density at radius 3 is 2.58 bits per heavy atom. The van der Waals surface area contributed by atoms with Gasteiger partial charge in [-0.05, 0) is 19.8 Å². The van der Waals surface area contributed by atoms with Crippen LogP contribution in [0, 0.1) is 18.3 Å². The predicted molar refractivity (Wildman–Crippen MR) is 73.9 cm³/mol. The Morgan fingerprint density at radius 2 is 2.16 bits per heavy atom. The van der Waals surface area contributed by atoms with E-state index in [-0.39, 0.29) is 18.2 Å². The number of rotatable bonds is 6. The Balaban J connectivity index is 2.57. The van der Waals surface area contributed by atoms with Crippen LogP contribution in [0.25, 0.3) is 0 Å². The number of nitrogens with zero attached hydrogens (tertiary/aromatic N) is 1. The molecule has 1 aromatic heterocycles. The molecule has 0 fully saturated rings. The predicted octanol–water partition coefficient (Wildman–Crippen LogP) is 2.20. The van der Waals surface area contributed by atoms with E-state index in [0.29, 0.717) is 6.54 Å². The van der Waals surface area contributed by atoms with Crippen LogP contribution in [-0.4, -0.2) is 22.0 Å². The zero-order valence-corrected chi connectivity index (χ0v) is 12.5. The first-order valence-electron chi connectivity index (χ1n) is 6.17. The molecule has 1 amide bonds. The van der Waals surface area contributed by atoms with E-state index in [9.17, 15) is 14.7 Å². The van der Waals surface area contributed by atoms with Crippen molar-refractivity contribution < 1.29 is 14.7 Å². The fourth-order valence-electron chi connectivity index (χ4n) is 1.58. The number of hydrogen-bond donors (Lipinski definition) is 2. The van der Waals surface area contributed by atoms with Crippen LogP contribution in [0.15, 0.2) is 6.20 Å². The Hall–Kier alpha value is -1.43. The molecule has 6 heteroatoms. The van der Waals surface area contributed by atoms with Crippen LogP contribution in [-0.2, 0) is 16.1 Å². The van der Waals surface area contributed by atoms with Gasteiger partial charge < -0.3 is 10.4 Å². The number of nitrogens with one attached hydrogen (secondary N) is 1. The van der Waals surface area contributed by atoms with Crippen molar-refractivity contribution in [2.24, 2.45) is 11.3 Å². The van der Waals surface area contributed by atoms with E-state index < -0.39 is 11.4 Å². The Bertz CT molecular complexity index is 470. The van der Waals surface area contributed by atoms with Crippen LogP contribution in [0.4, 0.5) is 0 Å². The quantitative estimate of drug-likeness (QED) is 0.839. The minimum atomic E-state index is -1.04. The smallest absolute Gasteiger partial charge is 0.310 e. The van der Waals surface area contributed by atoms with Gasteiger partial charge in [-0.25, -0.2) is 4.98 Å². The molecular formula is C13H20N2O3S. The second kappa shape index (κ2) is 6.14. The fraction of sp³-hybridized carbons (Fsp3) is 0.615. The number of aryl methyl sites for hydroxylation is 1. The van der Waals surface area contributed by atoms with E-state index in [1.165, 1.54) is 11.3 Å². The zero-order chi connectivity index (χ0) is 14.6. The molecule has 0 bridgehead atoms. The van der Waals surface area contributed by atoms with Crippen molar-refractivity contribution >= 4 is 23.2 Å². The number of hydrogen-bond acceptors (Lipinski definition) is 4. The van der Waals surface area contributed by atoms with Crippen LogP contribution in [0.3, 0.4) is 0 Å². The summed E-state index contributed by atoms with van der Waals surface area (Å²) < 4.78 is 0. The third-order valence-corrected chi connectivity index (χ3v) is 4.31. The van der Waals surface area contributed by atoms with Gasteiger partial charge in [0.25, 0.3) is 0 Å². The molecule has 0 spiro atoms. The Kier molecular flexibility index (Phi) is 5.05. The monoisotopic (exact) mass is 284 g/mol. The molecule has 1 atom stereocenters. The number of carbonyl (C=O) groups excluding carboxylic acids is 1. The maximum Gasteiger partial charge on any atom is 0.310 e. The number of thiazole rings is 1. The maximum absolute atomic E-state index is 11.9. The van der Waals surface area contributed by atoms with E-state index in [1.807, 2.05) is 20.8 Å². The minimum absolute atomic E-state index is 0.0235. The molecule has 5 nitrogen and oxygen atoms in total. The number of amides is 1. The van der Waals surface area contributed by atoms with E-state index in [4.69, 9.17) is 0 Å². The van der Waals surface area contributed by atoms with Crippen LogP contribution >= 0.6 is 11.3 Å². The average Bonchev–Trinajstić information content (AvgIpc) is 2.72. The van der Waals surface area contributed by atoms with Crippen LogP contribution < -0.4 is 5.32 Å². The first-order valence-corrected chi connectivity index (χ1v) is 6.98. The van der Waals surface area contributed by atoms with Gasteiger partial charge in [0, 0.05) is 17.5 Å². The van der Waals surface area contributed by atoms with Gasteiger partial charge in [-0.15, -0.1) is 11.3 Å². The summed E-state index contributed by atoms with van der Waals surface area (Å²) in [5.41, 5.74) is -1.04. The lowest BCUT2D eigenvalue weighted by Gasteiger charge is -2.28. The van der Waals surface area contributed by atoms with E-state index in [1.54, 1.807) is 13.1 Å². The molecule has 0 saturated heterocycles. The normalized spacial score (nSPS) is 14.2. The van der Waals surface area contributed by atoms with Crippen LogP contribution in [0.1, 0.15) is 37.1 Å². The standard InChI is InChI=1S/C13H20N2O3S/c1-8(2)13(4,12(17)18)5-10(16)14-7-11-15-6-9(3)19-11/h6,8H,5,7H2,1-4H3,(H,14,16)(H,17,18). The van der Waals surface area contributed by atoms with Crippen molar-refractivity contribution in [3.8, 4) is 0 Å². The van der Waals surface area contributed by atoms with Crippen molar-refractivity contribution in [1.29, 1.82) is 0 Å². The summed E-state index contributed by atoms with van der Waals surface area (Å²) in [6.45, 7) is 7.53. The van der Waals surface area contributed by atoms with Crippen molar-refractivity contribution in [3.63, 3.8) is 0 Å². The topological polar surface area (TPSA) is 79.3 Å². The summed E-state index contributed by atoms with van der Waals surface area (Å²) >= 11 is 1.52. The molecular weight excluding hydrogens is 264 g/mol. The largest absolute Gasteiger partial charge is 0.481 e. The lowest BCUT2D eigenvalue weighted by Crippen LogP contribution is -2.39. The van der Waals surface area contributed by atoms with E-state index in [2.05, 4.69) is 10.3 Å². The van der Waals surface area contributed by atoms with Gasteiger partial charge in [0.2, 0.25) is 5.91 Å². The summed E-state index contributed by atoms with van der Waals surface area (Å²) in [6, 6.07) is 0. The molecule has 1 unspecified atom stereocenters. The Labute approximate surface area is 117 Å². The molecule has 0 aliphatic heterocycles. The molecule has 1 aromatic rings. The van der Waals surface area contributed by atoms with Gasteiger partial charge in [-0.3, -0.25) is 9.59 Å². The summed E-state index contributed by atoms with van der Waals surface area (Å²) in [5, 5.41) is 12.8. The van der Waals surface area contributed by atoms with Crippen LogP contribution in [0.5, 0.6) is 0 Å². The van der Waals surface area contributed by atoms with Crippen LogP contribution in [0.2, 0.25) is 0 Å². The summed E-state index contributed by atoms with van der Waals surface area (Å²) in [4.78, 5) is 28.4. The molecule has 19 heavy (non-hydrogen) atoms. The second-order valence-electron chi connectivity index (χ2n) is 5.20. The SMILES string of the molecule is Cc1cnc(CNC(=O)CC(C)(C(=O)O)C(C)C)s1. The van der Waals surface area contributed by atoms with E-state index in [0.717, 1.165) is 9.88 Å². The molecule has 1 heterocycles. The average molecular weight is 284 g/mol. The Morgan fingerprint density at radius 1 is 1.53 bits per heavy atom. The molecule has 0 aliphatic carbocycles. The third-order valence-electron chi connectivity index (χ3n) is 3.40. The first-order chi connectivity index (χ1) is 8.75. The van der Waals surface area contributed by atoms with Gasteiger partial charge in [0.1, 0.15) is 5.01 Å². The highest BCUT2D eigenvalue weighted by Crippen LogP contribution is 2.31. The van der Waals surface area contributed by atoms with Gasteiger partial charge in [0.05, 0.1) is 12.0 Å². The lowest BCUT2D eigenvalue weighted by molar-refractivity contribution is -0.153. The molecule has 0 radical (unpaired) electrons. The maximum atomic E-state index is 11.9.